The van der Waals surface area contributed by atoms with Crippen molar-refractivity contribution in [3.63, 3.8) is 0 Å². The number of hydrogen-bond acceptors (Lipinski definition) is 2. The zero-order valence-electron chi connectivity index (χ0n) is 12.1. The van der Waals surface area contributed by atoms with E-state index in [1.54, 1.807) is 7.11 Å². The second kappa shape index (κ2) is 6.30. The predicted octanol–water partition coefficient (Wildman–Crippen LogP) is 3.85. The number of rotatable bonds is 6. The van der Waals surface area contributed by atoms with Crippen molar-refractivity contribution < 1.29 is 9.53 Å². The van der Waals surface area contributed by atoms with Crippen molar-refractivity contribution in [2.45, 2.75) is 39.1 Å². The average molecular weight is 264 g/mol. The van der Waals surface area contributed by atoms with Gasteiger partial charge in [0.15, 0.2) is 0 Å². The number of carbonyl (C=O) groups excluding carboxylic acids is 1. The first kappa shape index (κ1) is 15.1. The molecule has 1 aromatic carbocycles. The molecule has 2 atom stereocenters. The fourth-order valence-electron chi connectivity index (χ4n) is 2.27. The summed E-state index contributed by atoms with van der Waals surface area (Å²) in [5, 5.41) is 0.403. The van der Waals surface area contributed by atoms with Crippen LogP contribution in [0.15, 0.2) is 30.3 Å². The Bertz CT molecular complexity index is 381. The lowest BCUT2D eigenvalue weighted by molar-refractivity contribution is -0.120. The van der Waals surface area contributed by atoms with E-state index in [1.165, 1.54) is 0 Å². The van der Waals surface area contributed by atoms with Crippen LogP contribution in [0.5, 0.6) is 0 Å². The second-order valence-corrected chi connectivity index (χ2v) is 10.7. The van der Waals surface area contributed by atoms with Crippen LogP contribution in [0.3, 0.4) is 0 Å². The van der Waals surface area contributed by atoms with Crippen molar-refractivity contribution in [2.75, 3.05) is 7.11 Å². The topological polar surface area (TPSA) is 26.3 Å². The minimum atomic E-state index is -1.78. The quantitative estimate of drug-likeness (QED) is 0.730. The highest BCUT2D eigenvalue weighted by Gasteiger charge is 2.35. The van der Waals surface area contributed by atoms with Crippen LogP contribution in [0.2, 0.25) is 19.6 Å². The molecule has 18 heavy (non-hydrogen) atoms. The van der Waals surface area contributed by atoms with Gasteiger partial charge in [0, 0.05) is 13.0 Å². The molecule has 0 spiro atoms. The van der Waals surface area contributed by atoms with E-state index < -0.39 is 8.07 Å². The number of ether oxygens (including phenoxy) is 1. The van der Waals surface area contributed by atoms with Crippen LogP contribution in [0.4, 0.5) is 0 Å². The largest absolute Gasteiger partial charge is 0.376 e. The van der Waals surface area contributed by atoms with Gasteiger partial charge in [0.1, 0.15) is 13.5 Å². The molecule has 0 radical (unpaired) electrons. The molecule has 0 amide bonds. The van der Waals surface area contributed by atoms with Crippen molar-refractivity contribution in [3.05, 3.63) is 35.9 Å². The zero-order chi connectivity index (χ0) is 13.8. The zero-order valence-corrected chi connectivity index (χ0v) is 13.1. The van der Waals surface area contributed by atoms with Crippen molar-refractivity contribution in [1.82, 2.24) is 0 Å². The average Bonchev–Trinajstić information content (AvgIpc) is 2.35. The van der Waals surface area contributed by atoms with Crippen LogP contribution in [-0.2, 0) is 9.53 Å². The molecule has 0 saturated heterocycles. The maximum Gasteiger partial charge on any atom is 0.124 e. The minimum absolute atomic E-state index is 0.0240. The van der Waals surface area contributed by atoms with E-state index in [9.17, 15) is 4.79 Å². The van der Waals surface area contributed by atoms with E-state index >= 15 is 0 Å². The summed E-state index contributed by atoms with van der Waals surface area (Å²) >= 11 is 0. The standard InChI is InChI=1S/C15H24O2Si/c1-6-13(15(16)18(3,4)5)14(17-2)12-10-8-7-9-11-12/h7-11,13-14H,6H2,1-5H3/t13-,14+/m0/s1. The first-order valence-electron chi connectivity index (χ1n) is 6.53. The summed E-state index contributed by atoms with van der Waals surface area (Å²) in [6.07, 6.45) is 0.715. The van der Waals surface area contributed by atoms with E-state index in [1.807, 2.05) is 30.3 Å². The van der Waals surface area contributed by atoms with Crippen LogP contribution in [-0.4, -0.2) is 20.6 Å². The molecule has 2 nitrogen and oxygen atoms in total. The van der Waals surface area contributed by atoms with Crippen molar-refractivity contribution in [1.29, 1.82) is 0 Å². The lowest BCUT2D eigenvalue weighted by Gasteiger charge is -2.29. The van der Waals surface area contributed by atoms with E-state index in [0.29, 0.717) is 5.41 Å². The van der Waals surface area contributed by atoms with Gasteiger partial charge < -0.3 is 9.53 Å². The number of methoxy groups -OCH3 is 1. The van der Waals surface area contributed by atoms with Crippen LogP contribution in [0.25, 0.3) is 0 Å². The Hall–Kier alpha value is -0.933. The summed E-state index contributed by atoms with van der Waals surface area (Å²) in [4.78, 5) is 12.6. The van der Waals surface area contributed by atoms with E-state index in [2.05, 4.69) is 26.6 Å². The molecule has 0 fully saturated rings. The van der Waals surface area contributed by atoms with E-state index in [-0.39, 0.29) is 12.0 Å². The van der Waals surface area contributed by atoms with Gasteiger partial charge in [-0.15, -0.1) is 0 Å². The lowest BCUT2D eigenvalue weighted by atomic mass is 9.94. The van der Waals surface area contributed by atoms with Gasteiger partial charge in [0.2, 0.25) is 0 Å². The highest BCUT2D eigenvalue weighted by atomic mass is 28.3. The molecule has 0 saturated carbocycles. The Morgan fingerprint density at radius 2 is 1.78 bits per heavy atom. The Balaban J connectivity index is 3.02. The van der Waals surface area contributed by atoms with E-state index in [4.69, 9.17) is 4.74 Å². The molecule has 1 rings (SSSR count). The number of carbonyl (C=O) groups is 1. The first-order chi connectivity index (χ1) is 8.41. The summed E-state index contributed by atoms with van der Waals surface area (Å²) in [5.41, 5.74) is 1.10. The summed E-state index contributed by atoms with van der Waals surface area (Å²) in [6.45, 7) is 8.39. The van der Waals surface area contributed by atoms with Crippen molar-refractivity contribution in [2.24, 2.45) is 5.92 Å². The maximum atomic E-state index is 12.6. The summed E-state index contributed by atoms with van der Waals surface area (Å²) in [5.74, 6) is -0.0240. The molecule has 0 aliphatic heterocycles. The first-order valence-corrected chi connectivity index (χ1v) is 10.0. The molecule has 0 heterocycles. The van der Waals surface area contributed by atoms with Gasteiger partial charge in [-0.3, -0.25) is 0 Å². The minimum Gasteiger partial charge on any atom is -0.376 e. The predicted molar refractivity (Wildman–Crippen MR) is 78.3 cm³/mol. The molecule has 0 aromatic heterocycles. The van der Waals surface area contributed by atoms with Gasteiger partial charge in [0.25, 0.3) is 0 Å². The summed E-state index contributed by atoms with van der Waals surface area (Å²) in [6, 6.07) is 10.0. The van der Waals surface area contributed by atoms with Crippen LogP contribution in [0.1, 0.15) is 25.0 Å². The monoisotopic (exact) mass is 264 g/mol. The normalized spacial score (nSPS) is 15.2. The highest BCUT2D eigenvalue weighted by molar-refractivity contribution is 7.03. The van der Waals surface area contributed by atoms with Gasteiger partial charge in [-0.05, 0) is 12.0 Å². The van der Waals surface area contributed by atoms with E-state index in [0.717, 1.165) is 12.0 Å². The van der Waals surface area contributed by atoms with Crippen LogP contribution in [0, 0.1) is 5.92 Å². The fraction of sp³-hybridized carbons (Fsp3) is 0.533. The second-order valence-electron chi connectivity index (χ2n) is 5.70. The Morgan fingerprint density at radius 1 is 1.22 bits per heavy atom. The third kappa shape index (κ3) is 3.53. The molecule has 0 aliphatic carbocycles. The Morgan fingerprint density at radius 3 is 2.17 bits per heavy atom. The number of hydrogen-bond donors (Lipinski definition) is 0. The molecular formula is C15H24O2Si. The molecule has 1 aromatic rings. The fourth-order valence-corrected chi connectivity index (χ4v) is 3.74. The SMILES string of the molecule is CC[C@H](C(=O)[Si](C)(C)C)[C@H](OC)c1ccccc1. The van der Waals surface area contributed by atoms with Crippen molar-refractivity contribution in [3.8, 4) is 0 Å². The van der Waals surface area contributed by atoms with Gasteiger partial charge >= 0.3 is 0 Å². The summed E-state index contributed by atoms with van der Waals surface area (Å²) < 4.78 is 5.61. The molecule has 0 unspecified atom stereocenters. The third-order valence-electron chi connectivity index (χ3n) is 3.26. The molecule has 0 aliphatic rings. The Kier molecular flexibility index (Phi) is 5.29. The van der Waals surface area contributed by atoms with Crippen LogP contribution < -0.4 is 0 Å². The van der Waals surface area contributed by atoms with Crippen molar-refractivity contribution >= 4 is 13.5 Å². The molecule has 3 heteroatoms. The third-order valence-corrected chi connectivity index (χ3v) is 5.11. The molecular weight excluding hydrogens is 240 g/mol. The van der Waals surface area contributed by atoms with Gasteiger partial charge in [-0.1, -0.05) is 56.9 Å². The summed E-state index contributed by atoms with van der Waals surface area (Å²) in [7, 11) is -0.0832. The molecule has 0 N–H and O–H groups in total. The maximum absolute atomic E-state index is 12.6. The molecule has 0 bridgehead atoms. The van der Waals surface area contributed by atoms with Crippen LogP contribution >= 0.6 is 0 Å². The Labute approximate surface area is 111 Å². The lowest BCUT2D eigenvalue weighted by Crippen LogP contribution is -2.41. The van der Waals surface area contributed by atoms with Gasteiger partial charge in [-0.25, -0.2) is 0 Å². The molecule has 100 valence electrons. The smallest absolute Gasteiger partial charge is 0.124 e. The highest BCUT2D eigenvalue weighted by Crippen LogP contribution is 2.31. The number of benzene rings is 1. The van der Waals surface area contributed by atoms with Gasteiger partial charge in [-0.2, -0.15) is 0 Å². The van der Waals surface area contributed by atoms with Gasteiger partial charge in [0.05, 0.1) is 6.10 Å².